The van der Waals surface area contributed by atoms with Crippen LogP contribution in [0.4, 0.5) is 0 Å². The van der Waals surface area contributed by atoms with Crippen LogP contribution in [-0.4, -0.2) is 17.9 Å². The van der Waals surface area contributed by atoms with E-state index in [0.29, 0.717) is 12.1 Å². The zero-order valence-electron chi connectivity index (χ0n) is 7.55. The molecule has 0 aliphatic heterocycles. The van der Waals surface area contributed by atoms with E-state index in [-0.39, 0.29) is 17.5 Å². The lowest BCUT2D eigenvalue weighted by molar-refractivity contribution is -0.117. The molecule has 0 radical (unpaired) electrons. The van der Waals surface area contributed by atoms with Crippen LogP contribution in [0.25, 0.3) is 0 Å². The number of carbonyl (C=O) groups is 1. The Kier molecular flexibility index (Phi) is 2.74. The fourth-order valence-electron chi connectivity index (χ4n) is 1.58. The van der Waals surface area contributed by atoms with E-state index in [1.54, 1.807) is 7.05 Å². The van der Waals surface area contributed by atoms with Crippen LogP contribution >= 0.6 is 0 Å². The number of rotatable bonds is 2. The second-order valence-corrected chi connectivity index (χ2v) is 3.08. The molecule has 0 saturated carbocycles. The number of likely N-dealkylation sites (N-methyl/N-ethyl adjacent to an activating group) is 1. The largest absolute Gasteiger partial charge is 0.510 e. The van der Waals surface area contributed by atoms with E-state index in [0.717, 1.165) is 12.8 Å². The Hall–Kier alpha value is -0.990. The fourth-order valence-corrected chi connectivity index (χ4v) is 1.58. The Morgan fingerprint density at radius 2 is 2.33 bits per heavy atom. The minimum atomic E-state index is 0.0275. The molecular formula is C9H15NO2. The molecule has 3 heteroatoms. The fraction of sp³-hybridized carbons (Fsp3) is 0.667. The quantitative estimate of drug-likeness (QED) is 0.656. The van der Waals surface area contributed by atoms with Crippen LogP contribution in [0.2, 0.25) is 0 Å². The average Bonchev–Trinajstić information content (AvgIpc) is 2.06. The zero-order valence-corrected chi connectivity index (χ0v) is 7.55. The van der Waals surface area contributed by atoms with Gasteiger partial charge < -0.3 is 10.4 Å². The highest BCUT2D eigenvalue weighted by Gasteiger charge is 2.26. The lowest BCUT2D eigenvalue weighted by Gasteiger charge is -2.22. The monoisotopic (exact) mass is 169 g/mol. The third-order valence-corrected chi connectivity index (χ3v) is 2.38. The minimum Gasteiger partial charge on any atom is -0.510 e. The van der Waals surface area contributed by atoms with Crippen molar-refractivity contribution in [1.29, 1.82) is 0 Å². The third-order valence-electron chi connectivity index (χ3n) is 2.38. The van der Waals surface area contributed by atoms with Gasteiger partial charge in [-0.1, -0.05) is 6.92 Å². The maximum atomic E-state index is 11.2. The first-order chi connectivity index (χ1) is 5.70. The summed E-state index contributed by atoms with van der Waals surface area (Å²) >= 11 is 0. The van der Waals surface area contributed by atoms with E-state index in [1.807, 2.05) is 6.92 Å². The summed E-state index contributed by atoms with van der Waals surface area (Å²) in [7, 11) is 1.67. The predicted octanol–water partition coefficient (Wildman–Crippen LogP) is 1.36. The van der Waals surface area contributed by atoms with Gasteiger partial charge in [0.1, 0.15) is 11.5 Å². The zero-order chi connectivity index (χ0) is 9.14. The van der Waals surface area contributed by atoms with Gasteiger partial charge >= 0.3 is 0 Å². The first-order valence-corrected chi connectivity index (χ1v) is 4.34. The molecule has 1 rings (SSSR count). The van der Waals surface area contributed by atoms with E-state index in [9.17, 15) is 9.90 Å². The van der Waals surface area contributed by atoms with Crippen molar-refractivity contribution in [2.75, 3.05) is 7.05 Å². The van der Waals surface area contributed by atoms with Gasteiger partial charge in [0.25, 0.3) is 0 Å². The molecule has 0 bridgehead atoms. The van der Waals surface area contributed by atoms with E-state index in [2.05, 4.69) is 5.32 Å². The molecule has 1 aliphatic carbocycles. The summed E-state index contributed by atoms with van der Waals surface area (Å²) in [5, 5.41) is 12.3. The average molecular weight is 169 g/mol. The molecule has 0 aromatic heterocycles. The Morgan fingerprint density at radius 3 is 2.83 bits per heavy atom. The molecule has 68 valence electrons. The molecule has 0 heterocycles. The standard InChI is InChI=1S/C9H15NO2/c1-3-6-4-5-7(11)8(10-2)9(6)12/h6,10,12H,3-5H2,1-2H3. The Balaban J connectivity index is 2.90. The SMILES string of the molecule is CCC1CCC(=O)C(NC)=C1O. The predicted molar refractivity (Wildman–Crippen MR) is 46.7 cm³/mol. The number of carbonyl (C=O) groups excluding carboxylic acids is 1. The molecule has 3 nitrogen and oxygen atoms in total. The second-order valence-electron chi connectivity index (χ2n) is 3.08. The molecule has 1 aliphatic rings. The van der Waals surface area contributed by atoms with Crippen molar-refractivity contribution in [2.45, 2.75) is 26.2 Å². The van der Waals surface area contributed by atoms with E-state index in [4.69, 9.17) is 0 Å². The van der Waals surface area contributed by atoms with Gasteiger partial charge in [0.05, 0.1) is 0 Å². The minimum absolute atomic E-state index is 0.0275. The van der Waals surface area contributed by atoms with Crippen molar-refractivity contribution in [2.24, 2.45) is 5.92 Å². The summed E-state index contributed by atoms with van der Waals surface area (Å²) in [6.07, 6.45) is 2.23. The summed E-state index contributed by atoms with van der Waals surface area (Å²) in [5.74, 6) is 0.445. The van der Waals surface area contributed by atoms with Crippen molar-refractivity contribution in [3.63, 3.8) is 0 Å². The van der Waals surface area contributed by atoms with Gasteiger partial charge in [0, 0.05) is 19.4 Å². The Labute approximate surface area is 72.5 Å². The Morgan fingerprint density at radius 1 is 1.67 bits per heavy atom. The van der Waals surface area contributed by atoms with Crippen molar-refractivity contribution in [3.8, 4) is 0 Å². The van der Waals surface area contributed by atoms with Crippen molar-refractivity contribution in [3.05, 3.63) is 11.5 Å². The smallest absolute Gasteiger partial charge is 0.182 e. The molecular weight excluding hydrogens is 154 g/mol. The number of allylic oxidation sites excluding steroid dienone is 2. The van der Waals surface area contributed by atoms with Crippen LogP contribution < -0.4 is 5.32 Å². The number of aliphatic hydroxyl groups excluding tert-OH is 1. The molecule has 0 aromatic rings. The Bertz CT molecular complexity index is 221. The van der Waals surface area contributed by atoms with Gasteiger partial charge in [-0.15, -0.1) is 0 Å². The highest BCUT2D eigenvalue weighted by molar-refractivity contribution is 5.96. The molecule has 2 N–H and O–H groups in total. The van der Waals surface area contributed by atoms with E-state index < -0.39 is 0 Å². The van der Waals surface area contributed by atoms with Crippen LogP contribution in [0.5, 0.6) is 0 Å². The summed E-state index contributed by atoms with van der Waals surface area (Å²) in [6.45, 7) is 2.02. The van der Waals surface area contributed by atoms with Crippen LogP contribution in [0.1, 0.15) is 26.2 Å². The van der Waals surface area contributed by atoms with Crippen molar-refractivity contribution >= 4 is 5.78 Å². The van der Waals surface area contributed by atoms with Crippen LogP contribution in [0, 0.1) is 5.92 Å². The first-order valence-electron chi connectivity index (χ1n) is 4.34. The first kappa shape index (κ1) is 9.10. The normalized spacial score (nSPS) is 24.5. The van der Waals surface area contributed by atoms with Gasteiger partial charge in [-0.05, 0) is 12.8 Å². The second kappa shape index (κ2) is 3.61. The summed E-state index contributed by atoms with van der Waals surface area (Å²) in [5.41, 5.74) is 0.410. The lowest BCUT2D eigenvalue weighted by atomic mass is 9.89. The maximum absolute atomic E-state index is 11.2. The molecule has 0 aromatic carbocycles. The number of nitrogens with one attached hydrogen (secondary N) is 1. The van der Waals surface area contributed by atoms with E-state index >= 15 is 0 Å². The van der Waals surface area contributed by atoms with Crippen LogP contribution in [0.15, 0.2) is 11.5 Å². The van der Waals surface area contributed by atoms with Gasteiger partial charge in [-0.2, -0.15) is 0 Å². The van der Waals surface area contributed by atoms with Crippen LogP contribution in [-0.2, 0) is 4.79 Å². The highest BCUT2D eigenvalue weighted by atomic mass is 16.3. The molecule has 0 amide bonds. The number of ketones is 1. The highest BCUT2D eigenvalue weighted by Crippen LogP contribution is 2.26. The third kappa shape index (κ3) is 1.44. The topological polar surface area (TPSA) is 49.3 Å². The maximum Gasteiger partial charge on any atom is 0.182 e. The van der Waals surface area contributed by atoms with Gasteiger partial charge in [-0.3, -0.25) is 4.79 Å². The number of hydrogen-bond acceptors (Lipinski definition) is 3. The van der Waals surface area contributed by atoms with Crippen molar-refractivity contribution in [1.82, 2.24) is 5.32 Å². The summed E-state index contributed by atoms with van der Waals surface area (Å²) < 4.78 is 0. The molecule has 0 saturated heterocycles. The molecule has 0 spiro atoms. The molecule has 0 fully saturated rings. The van der Waals surface area contributed by atoms with E-state index in [1.165, 1.54) is 0 Å². The lowest BCUT2D eigenvalue weighted by Crippen LogP contribution is -2.26. The molecule has 1 atom stereocenters. The van der Waals surface area contributed by atoms with Gasteiger partial charge in [-0.25, -0.2) is 0 Å². The summed E-state index contributed by atoms with van der Waals surface area (Å²) in [6, 6.07) is 0. The van der Waals surface area contributed by atoms with Gasteiger partial charge in [0.2, 0.25) is 0 Å². The molecule has 1 unspecified atom stereocenters. The number of aliphatic hydroxyl groups is 1. The number of hydrogen-bond donors (Lipinski definition) is 2. The van der Waals surface area contributed by atoms with Gasteiger partial charge in [0.15, 0.2) is 5.78 Å². The number of Topliss-reactive ketones (excluding diaryl/α,β-unsaturated/α-hetero) is 1. The molecule has 12 heavy (non-hydrogen) atoms. The summed E-state index contributed by atoms with van der Waals surface area (Å²) in [4.78, 5) is 11.2. The van der Waals surface area contributed by atoms with Crippen molar-refractivity contribution < 1.29 is 9.90 Å². The van der Waals surface area contributed by atoms with Crippen LogP contribution in [0.3, 0.4) is 0 Å².